The third-order valence-electron chi connectivity index (χ3n) is 3.00. The first kappa shape index (κ1) is 15.8. The van der Waals surface area contributed by atoms with E-state index in [4.69, 9.17) is 11.6 Å². The second-order valence-electron chi connectivity index (χ2n) is 4.82. The second-order valence-corrected chi connectivity index (χ2v) is 5.25. The molecule has 0 heterocycles. The van der Waals surface area contributed by atoms with Crippen LogP contribution in [0.4, 0.5) is 17.1 Å². The predicted octanol–water partition coefficient (Wildman–Crippen LogP) is 3.57. The van der Waals surface area contributed by atoms with Crippen LogP contribution in [0.15, 0.2) is 42.5 Å². The quantitative estimate of drug-likeness (QED) is 0.690. The topological polar surface area (TPSA) is 75.5 Å². The molecule has 1 amide bonds. The molecule has 22 heavy (non-hydrogen) atoms. The van der Waals surface area contributed by atoms with Gasteiger partial charge in [-0.25, -0.2) is 0 Å². The molecule has 0 spiro atoms. The number of carbonyl (C=O) groups excluding carboxylic acids is 1. The van der Waals surface area contributed by atoms with Gasteiger partial charge in [-0.15, -0.1) is 0 Å². The number of hydrogen-bond donors (Lipinski definition) is 1. The van der Waals surface area contributed by atoms with E-state index in [0.29, 0.717) is 16.4 Å². The van der Waals surface area contributed by atoms with Gasteiger partial charge in [0, 0.05) is 42.6 Å². The van der Waals surface area contributed by atoms with Crippen LogP contribution in [0.2, 0.25) is 5.02 Å². The molecule has 2 aromatic rings. The van der Waals surface area contributed by atoms with Crippen molar-refractivity contribution in [3.63, 3.8) is 0 Å². The Balaban J connectivity index is 2.38. The molecule has 0 aliphatic heterocycles. The monoisotopic (exact) mass is 319 g/mol. The fraction of sp³-hybridized carbons (Fsp3) is 0.133. The molecule has 1 N–H and O–H groups in total. The van der Waals surface area contributed by atoms with Crippen LogP contribution in [0.3, 0.4) is 0 Å². The summed E-state index contributed by atoms with van der Waals surface area (Å²) in [5.41, 5.74) is 1.19. The standard InChI is InChI=1S/C15H14ClN3O3/c1-18(2)14-7-6-12(19(21)22)9-13(14)15(20)17-11-5-3-4-10(16)8-11/h3-9H,1-2H3,(H,17,20). The number of carbonyl (C=O) groups is 1. The Bertz CT molecular complexity index is 732. The highest BCUT2D eigenvalue weighted by atomic mass is 35.5. The molecule has 0 aliphatic carbocycles. The lowest BCUT2D eigenvalue weighted by atomic mass is 10.1. The van der Waals surface area contributed by atoms with Crippen molar-refractivity contribution >= 4 is 34.6 Å². The van der Waals surface area contributed by atoms with Crippen molar-refractivity contribution in [2.24, 2.45) is 0 Å². The van der Waals surface area contributed by atoms with Gasteiger partial charge in [-0.2, -0.15) is 0 Å². The highest BCUT2D eigenvalue weighted by Crippen LogP contribution is 2.25. The van der Waals surface area contributed by atoms with Crippen molar-refractivity contribution in [1.82, 2.24) is 0 Å². The maximum absolute atomic E-state index is 12.4. The molecule has 2 aromatic carbocycles. The summed E-state index contributed by atoms with van der Waals surface area (Å²) >= 11 is 5.87. The van der Waals surface area contributed by atoms with Crippen molar-refractivity contribution < 1.29 is 9.72 Å². The summed E-state index contributed by atoms with van der Waals surface area (Å²) in [6.45, 7) is 0. The summed E-state index contributed by atoms with van der Waals surface area (Å²) < 4.78 is 0. The van der Waals surface area contributed by atoms with Crippen molar-refractivity contribution in [2.45, 2.75) is 0 Å². The molecule has 7 heteroatoms. The number of non-ortho nitro benzene ring substituents is 1. The molecular formula is C15H14ClN3O3. The fourth-order valence-electron chi connectivity index (χ4n) is 1.97. The number of anilines is 2. The number of benzene rings is 2. The highest BCUT2D eigenvalue weighted by molar-refractivity contribution is 6.31. The molecular weight excluding hydrogens is 306 g/mol. The molecule has 6 nitrogen and oxygen atoms in total. The smallest absolute Gasteiger partial charge is 0.270 e. The number of nitro groups is 1. The normalized spacial score (nSPS) is 10.1. The van der Waals surface area contributed by atoms with Crippen LogP contribution < -0.4 is 10.2 Å². The van der Waals surface area contributed by atoms with Gasteiger partial charge in [0.1, 0.15) is 0 Å². The minimum Gasteiger partial charge on any atom is -0.377 e. The maximum Gasteiger partial charge on any atom is 0.270 e. The Morgan fingerprint density at radius 1 is 1.23 bits per heavy atom. The molecule has 0 aliphatic rings. The average Bonchev–Trinajstić information content (AvgIpc) is 2.46. The van der Waals surface area contributed by atoms with Crippen LogP contribution in [0.25, 0.3) is 0 Å². The Kier molecular flexibility index (Phi) is 4.62. The molecule has 0 saturated carbocycles. The minimum absolute atomic E-state index is 0.137. The number of nitro benzene ring substituents is 1. The van der Waals surface area contributed by atoms with Crippen molar-refractivity contribution in [3.8, 4) is 0 Å². The van der Waals surface area contributed by atoms with E-state index in [9.17, 15) is 14.9 Å². The number of rotatable bonds is 4. The van der Waals surface area contributed by atoms with Gasteiger partial charge >= 0.3 is 0 Å². The molecule has 0 aromatic heterocycles. The van der Waals surface area contributed by atoms with Gasteiger partial charge in [0.25, 0.3) is 11.6 Å². The molecule has 114 valence electrons. The lowest BCUT2D eigenvalue weighted by Gasteiger charge is -2.17. The Morgan fingerprint density at radius 2 is 1.95 bits per heavy atom. The van der Waals surface area contributed by atoms with Crippen molar-refractivity contribution in [2.75, 3.05) is 24.3 Å². The summed E-state index contributed by atoms with van der Waals surface area (Å²) in [6.07, 6.45) is 0. The fourth-order valence-corrected chi connectivity index (χ4v) is 2.16. The van der Waals surface area contributed by atoms with Crippen LogP contribution in [-0.2, 0) is 0 Å². The minimum atomic E-state index is -0.532. The van der Waals surface area contributed by atoms with Crippen molar-refractivity contribution in [1.29, 1.82) is 0 Å². The summed E-state index contributed by atoms with van der Waals surface area (Å²) in [6, 6.07) is 10.9. The van der Waals surface area contributed by atoms with E-state index in [1.54, 1.807) is 49.3 Å². The second kappa shape index (κ2) is 6.44. The lowest BCUT2D eigenvalue weighted by Crippen LogP contribution is -2.18. The van der Waals surface area contributed by atoms with E-state index in [-0.39, 0.29) is 11.3 Å². The summed E-state index contributed by atoms with van der Waals surface area (Å²) in [4.78, 5) is 24.5. The molecule has 0 atom stereocenters. The van der Waals surface area contributed by atoms with Crippen LogP contribution >= 0.6 is 11.6 Å². The summed E-state index contributed by atoms with van der Waals surface area (Å²) in [5.74, 6) is -0.435. The molecule has 0 saturated heterocycles. The number of halogens is 1. The third kappa shape index (κ3) is 3.53. The van der Waals surface area contributed by atoms with E-state index in [0.717, 1.165) is 0 Å². The number of nitrogens with one attached hydrogen (secondary N) is 1. The average molecular weight is 320 g/mol. The van der Waals surface area contributed by atoms with Crippen LogP contribution in [0, 0.1) is 10.1 Å². The Hall–Kier alpha value is -2.60. The molecule has 0 bridgehead atoms. The highest BCUT2D eigenvalue weighted by Gasteiger charge is 2.18. The van der Waals surface area contributed by atoms with E-state index in [1.165, 1.54) is 12.1 Å². The zero-order chi connectivity index (χ0) is 16.3. The zero-order valence-electron chi connectivity index (χ0n) is 12.0. The van der Waals surface area contributed by atoms with Gasteiger partial charge in [0.15, 0.2) is 0 Å². The van der Waals surface area contributed by atoms with Gasteiger partial charge in [0.2, 0.25) is 0 Å². The Labute approximate surface area is 132 Å². The number of hydrogen-bond acceptors (Lipinski definition) is 4. The van der Waals surface area contributed by atoms with Gasteiger partial charge in [0.05, 0.1) is 10.5 Å². The Morgan fingerprint density at radius 3 is 2.55 bits per heavy atom. The van der Waals surface area contributed by atoms with E-state index >= 15 is 0 Å². The van der Waals surface area contributed by atoms with E-state index < -0.39 is 10.8 Å². The molecule has 2 rings (SSSR count). The summed E-state index contributed by atoms with van der Waals surface area (Å²) in [5, 5.41) is 14.1. The SMILES string of the molecule is CN(C)c1ccc([N+](=O)[O-])cc1C(=O)Nc1cccc(Cl)c1. The van der Waals surface area contributed by atoms with Crippen LogP contribution in [0.5, 0.6) is 0 Å². The van der Waals surface area contributed by atoms with Crippen LogP contribution in [0.1, 0.15) is 10.4 Å². The van der Waals surface area contributed by atoms with E-state index in [2.05, 4.69) is 5.32 Å². The largest absolute Gasteiger partial charge is 0.377 e. The third-order valence-corrected chi connectivity index (χ3v) is 3.23. The first-order valence-corrected chi connectivity index (χ1v) is 6.79. The zero-order valence-corrected chi connectivity index (χ0v) is 12.8. The molecule has 0 fully saturated rings. The first-order chi connectivity index (χ1) is 10.4. The molecule has 0 unspecified atom stereocenters. The van der Waals surface area contributed by atoms with Crippen LogP contribution in [-0.4, -0.2) is 24.9 Å². The van der Waals surface area contributed by atoms with Gasteiger partial charge in [-0.05, 0) is 24.3 Å². The number of amides is 1. The first-order valence-electron chi connectivity index (χ1n) is 6.41. The number of nitrogens with zero attached hydrogens (tertiary/aromatic N) is 2. The van der Waals surface area contributed by atoms with Crippen molar-refractivity contribution in [3.05, 3.63) is 63.2 Å². The van der Waals surface area contributed by atoms with Gasteiger partial charge < -0.3 is 10.2 Å². The van der Waals surface area contributed by atoms with Gasteiger partial charge in [-0.3, -0.25) is 14.9 Å². The lowest BCUT2D eigenvalue weighted by molar-refractivity contribution is -0.384. The van der Waals surface area contributed by atoms with E-state index in [1.807, 2.05) is 0 Å². The summed E-state index contributed by atoms with van der Waals surface area (Å²) in [7, 11) is 3.52. The predicted molar refractivity (Wildman–Crippen MR) is 86.8 cm³/mol. The molecule has 0 radical (unpaired) electrons. The maximum atomic E-state index is 12.4. The van der Waals surface area contributed by atoms with Gasteiger partial charge in [-0.1, -0.05) is 17.7 Å².